The van der Waals surface area contributed by atoms with E-state index < -0.39 is 59.9 Å². The van der Waals surface area contributed by atoms with E-state index in [-0.39, 0.29) is 122 Å². The Bertz CT molecular complexity index is 2510. The van der Waals surface area contributed by atoms with E-state index in [0.29, 0.717) is 138 Å². The van der Waals surface area contributed by atoms with Crippen LogP contribution in [0.2, 0.25) is 0 Å². The van der Waals surface area contributed by atoms with Gasteiger partial charge in [-0.3, -0.25) is 28.8 Å². The first-order valence-electron chi connectivity index (χ1n) is 29.1. The van der Waals surface area contributed by atoms with Crippen molar-refractivity contribution in [3.8, 4) is 17.6 Å². The summed E-state index contributed by atoms with van der Waals surface area (Å²) >= 11 is 1.95. The maximum atomic E-state index is 13.9. The van der Waals surface area contributed by atoms with Crippen LogP contribution in [0, 0.1) is 46.8 Å². The lowest BCUT2D eigenvalue weighted by molar-refractivity contribution is -0.161. The second-order valence-corrected chi connectivity index (χ2v) is 23.4. The van der Waals surface area contributed by atoms with Crippen LogP contribution in [0.25, 0.3) is 0 Å². The maximum absolute atomic E-state index is 13.9. The fourth-order valence-corrected chi connectivity index (χ4v) is 12.9. The zero-order valence-corrected chi connectivity index (χ0v) is 49.4. The van der Waals surface area contributed by atoms with Crippen molar-refractivity contribution in [1.82, 2.24) is 0 Å². The van der Waals surface area contributed by atoms with Gasteiger partial charge in [0, 0.05) is 18.2 Å². The Morgan fingerprint density at radius 3 is 1.11 bits per heavy atom. The molecule has 1 aromatic carbocycles. The van der Waals surface area contributed by atoms with Crippen molar-refractivity contribution >= 4 is 83.2 Å². The van der Waals surface area contributed by atoms with Crippen LogP contribution in [0.1, 0.15) is 128 Å². The molecule has 1 heterocycles. The lowest BCUT2D eigenvalue weighted by atomic mass is 9.82. The summed E-state index contributed by atoms with van der Waals surface area (Å²) in [6.07, 6.45) is 11.6. The molecule has 462 valence electrons. The maximum Gasteiger partial charge on any atom is 0.350 e. The van der Waals surface area contributed by atoms with Gasteiger partial charge < -0.3 is 52.1 Å². The average Bonchev–Trinajstić information content (AvgIpc) is 3.61. The molecule has 24 heteroatoms. The van der Waals surface area contributed by atoms with Gasteiger partial charge in [0.15, 0.2) is 5.57 Å². The van der Waals surface area contributed by atoms with Crippen LogP contribution in [0.15, 0.2) is 69.7 Å². The van der Waals surface area contributed by atoms with Crippen LogP contribution in [0.5, 0.6) is 11.5 Å². The number of hydrogen-bond acceptors (Lipinski definition) is 24. The molecule has 0 aromatic heterocycles. The molecular weight excluding hydrogens is 1150 g/mol. The van der Waals surface area contributed by atoms with E-state index in [0.717, 1.165) is 41.8 Å². The van der Waals surface area contributed by atoms with E-state index >= 15 is 0 Å². The summed E-state index contributed by atoms with van der Waals surface area (Å²) in [4.78, 5) is 127. The van der Waals surface area contributed by atoms with E-state index in [9.17, 15) is 53.2 Å². The summed E-state index contributed by atoms with van der Waals surface area (Å²) in [6.45, 7) is 10.5. The number of esters is 10. The molecule has 0 N–H and O–H groups in total. The molecule has 4 fully saturated rings. The van der Waals surface area contributed by atoms with Crippen LogP contribution in [0.3, 0.4) is 0 Å². The predicted octanol–water partition coefficient (Wildman–Crippen LogP) is 8.64. The number of thioether (sulfide) groups is 2. The number of nitriles is 1. The highest BCUT2D eigenvalue weighted by molar-refractivity contribution is 8.24. The Kier molecular flexibility index (Phi) is 28.0. The third-order valence-corrected chi connectivity index (χ3v) is 17.9. The van der Waals surface area contributed by atoms with Crippen molar-refractivity contribution in [3.05, 3.63) is 59.9 Å². The fraction of sp³-hybridized carbons (Fsp3) is 0.590. The molecule has 0 atom stereocenters. The van der Waals surface area contributed by atoms with Gasteiger partial charge in [-0.05, 0) is 141 Å². The highest BCUT2D eigenvalue weighted by Crippen LogP contribution is 2.59. The van der Waals surface area contributed by atoms with Crippen molar-refractivity contribution in [3.63, 3.8) is 0 Å². The predicted molar refractivity (Wildman–Crippen MR) is 302 cm³/mol. The first kappa shape index (κ1) is 67.2. The number of carbonyl (C=O) groups is 10. The molecule has 4 saturated carbocycles. The van der Waals surface area contributed by atoms with Crippen molar-refractivity contribution in [2.45, 2.75) is 150 Å². The number of rotatable bonds is 30. The highest BCUT2D eigenvalue weighted by Gasteiger charge is 2.39. The van der Waals surface area contributed by atoms with Gasteiger partial charge in [-0.25, -0.2) is 19.2 Å². The SMILES string of the molecule is C=CC(=O)OCCCCOC(=O)C1CCC(C(=O)OC2CCC(C(=O)Oc3ccc(OC(=O)C4CCC(OC(=O)C5CCC(C(=O)OCCCCOC(=O)C=C)CC5)CC4)c4c3SC(=C(C#N)C(=O)OCCOCCOC(=O)C=C)S4)CC2)CC1. The van der Waals surface area contributed by atoms with E-state index in [1.165, 1.54) is 12.1 Å². The number of fused-ring (bicyclic) bond motifs is 1. The Morgan fingerprint density at radius 1 is 0.424 bits per heavy atom. The third-order valence-electron chi connectivity index (χ3n) is 15.2. The van der Waals surface area contributed by atoms with E-state index in [4.69, 9.17) is 52.1 Å². The van der Waals surface area contributed by atoms with Gasteiger partial charge in [-0.1, -0.05) is 43.3 Å². The third kappa shape index (κ3) is 21.5. The van der Waals surface area contributed by atoms with E-state index in [1.54, 1.807) is 0 Å². The molecule has 1 aliphatic heterocycles. The van der Waals surface area contributed by atoms with Gasteiger partial charge in [0.25, 0.3) is 0 Å². The van der Waals surface area contributed by atoms with Crippen molar-refractivity contribution in [2.75, 3.05) is 52.9 Å². The zero-order valence-electron chi connectivity index (χ0n) is 47.8. The van der Waals surface area contributed by atoms with Gasteiger partial charge in [-0.2, -0.15) is 5.26 Å². The van der Waals surface area contributed by atoms with Gasteiger partial charge in [0.1, 0.15) is 43.0 Å². The van der Waals surface area contributed by atoms with E-state index in [1.807, 2.05) is 6.07 Å². The number of hydrogen-bond donors (Lipinski definition) is 0. The first-order valence-corrected chi connectivity index (χ1v) is 30.7. The first-order chi connectivity index (χ1) is 41.1. The van der Waals surface area contributed by atoms with E-state index in [2.05, 4.69) is 19.7 Å². The second-order valence-electron chi connectivity index (χ2n) is 21.1. The quantitative estimate of drug-likeness (QED) is 0.0174. The van der Waals surface area contributed by atoms with Crippen LogP contribution in [-0.2, 0) is 90.6 Å². The number of unbranched alkanes of at least 4 members (excludes halogenated alkanes) is 2. The molecule has 22 nitrogen and oxygen atoms in total. The highest BCUT2D eigenvalue weighted by atomic mass is 32.2. The Balaban J connectivity index is 0.986. The largest absolute Gasteiger partial charge is 0.465 e. The molecule has 1 aromatic rings. The Morgan fingerprint density at radius 2 is 0.741 bits per heavy atom. The van der Waals surface area contributed by atoms with Crippen LogP contribution >= 0.6 is 23.5 Å². The van der Waals surface area contributed by atoms with Gasteiger partial charge in [-0.15, -0.1) is 0 Å². The minimum absolute atomic E-state index is 0.0242. The van der Waals surface area contributed by atoms with Crippen molar-refractivity contribution < 1.29 is 100 Å². The fourth-order valence-electron chi connectivity index (χ4n) is 10.3. The molecule has 6 rings (SSSR count). The molecule has 4 aliphatic carbocycles. The molecule has 0 amide bonds. The standard InChI is InChI=1S/C61H75NO21S2/c1-4-49(63)74-29-7-9-31-77-54(66)38-11-15-40(16-12-38)56(68)80-44-23-19-42(20-24-44)58(70)82-47-27-28-48(53-52(47)84-61(85-53)46(37-62)60(72)79-36-34-73-33-35-76-51(65)6-3)83-59(71)43-21-25-45(26-22-43)81-57(69)41-17-13-39(14-18-41)55(67)78-32-10-8-30-75-50(64)5-2/h4-6,27-28,38-45H,1-3,7-26,29-36H2. The lowest BCUT2D eigenvalue weighted by Crippen LogP contribution is -2.33. The number of benzene rings is 1. The number of ether oxygens (including phenoxy) is 11. The average molecular weight is 1220 g/mol. The Hall–Kier alpha value is -6.97. The zero-order chi connectivity index (χ0) is 61.1. The summed E-state index contributed by atoms with van der Waals surface area (Å²) in [6, 6.07) is 4.88. The molecule has 5 aliphatic rings. The van der Waals surface area contributed by atoms with Crippen LogP contribution in [-0.4, -0.2) is 125 Å². The summed E-state index contributed by atoms with van der Waals surface area (Å²) in [5, 5.41) is 10.2. The number of carbonyl (C=O) groups excluding carboxylic acids is 10. The van der Waals surface area contributed by atoms with Crippen LogP contribution < -0.4 is 9.47 Å². The summed E-state index contributed by atoms with van der Waals surface area (Å²) < 4.78 is 60.3. The molecule has 0 saturated heterocycles. The van der Waals surface area contributed by atoms with Gasteiger partial charge >= 0.3 is 59.7 Å². The molecule has 0 bridgehead atoms. The molecule has 0 spiro atoms. The van der Waals surface area contributed by atoms with Crippen molar-refractivity contribution in [1.29, 1.82) is 5.26 Å². The topological polar surface area (TPSA) is 296 Å². The Labute approximate surface area is 502 Å². The van der Waals surface area contributed by atoms with Gasteiger partial charge in [0.2, 0.25) is 0 Å². The molecule has 0 unspecified atom stereocenters. The normalized spacial score (nSPS) is 22.5. The molecule has 85 heavy (non-hydrogen) atoms. The minimum atomic E-state index is -0.954. The van der Waals surface area contributed by atoms with Crippen LogP contribution in [0.4, 0.5) is 0 Å². The number of nitrogens with zero attached hydrogens (tertiary/aromatic N) is 1. The lowest BCUT2D eigenvalue weighted by Gasteiger charge is -2.30. The monoisotopic (exact) mass is 1220 g/mol. The molecular formula is C61H75NO21S2. The second kappa shape index (κ2) is 35.5. The minimum Gasteiger partial charge on any atom is -0.465 e. The molecule has 0 radical (unpaired) electrons. The summed E-state index contributed by atoms with van der Waals surface area (Å²) in [5.74, 6) is -7.20. The van der Waals surface area contributed by atoms with Gasteiger partial charge in [0.05, 0.1) is 89.2 Å². The summed E-state index contributed by atoms with van der Waals surface area (Å²) in [7, 11) is 0. The smallest absolute Gasteiger partial charge is 0.350 e. The van der Waals surface area contributed by atoms with Crippen molar-refractivity contribution in [2.24, 2.45) is 35.5 Å². The summed E-state index contributed by atoms with van der Waals surface area (Å²) in [5.41, 5.74) is -0.351.